The molecule has 0 saturated heterocycles. The number of aryl methyl sites for hydroxylation is 1. The highest BCUT2D eigenvalue weighted by Crippen LogP contribution is 2.39. The van der Waals surface area contributed by atoms with E-state index < -0.39 is 0 Å². The molecule has 0 saturated carbocycles. The minimum absolute atomic E-state index is 0.512. The largest absolute Gasteiger partial charge is 0.460 e. The maximum absolute atomic E-state index is 5.95. The Labute approximate surface area is 134 Å². The lowest BCUT2D eigenvalue weighted by molar-refractivity contribution is 0.568. The molecule has 0 aliphatic heterocycles. The third kappa shape index (κ3) is 2.97. The van der Waals surface area contributed by atoms with Crippen molar-refractivity contribution in [2.45, 2.75) is 36.5 Å². The summed E-state index contributed by atoms with van der Waals surface area (Å²) in [5.41, 5.74) is 2.29. The quantitative estimate of drug-likeness (QED) is 0.535. The first-order valence-corrected chi connectivity index (χ1v) is 8.20. The van der Waals surface area contributed by atoms with Gasteiger partial charge in [0.25, 0.3) is 0 Å². The molecule has 0 bridgehead atoms. The van der Waals surface area contributed by atoms with Crippen LogP contribution in [0.5, 0.6) is 0 Å². The number of hydrogen-bond acceptors (Lipinski definition) is 2. The Morgan fingerprint density at radius 2 is 1.76 bits per heavy atom. The van der Waals surface area contributed by atoms with Crippen LogP contribution in [0.3, 0.4) is 0 Å². The van der Waals surface area contributed by atoms with E-state index in [0.29, 0.717) is 5.92 Å². The predicted octanol–water partition coefficient (Wildman–Crippen LogP) is 6.67. The summed E-state index contributed by atoms with van der Waals surface area (Å²) in [6.45, 7) is 6.44. The second-order valence-corrected chi connectivity index (χ2v) is 6.97. The minimum Gasteiger partial charge on any atom is -0.460 e. The summed E-state index contributed by atoms with van der Waals surface area (Å²) in [6.07, 6.45) is 0. The molecule has 1 aromatic heterocycles. The third-order valence-electron chi connectivity index (χ3n) is 3.53. The van der Waals surface area contributed by atoms with Crippen molar-refractivity contribution in [1.29, 1.82) is 0 Å². The molecular weight excluding hydrogens is 300 g/mol. The van der Waals surface area contributed by atoms with Crippen LogP contribution in [-0.4, -0.2) is 0 Å². The maximum atomic E-state index is 5.95. The van der Waals surface area contributed by atoms with E-state index in [1.165, 1.54) is 20.7 Å². The molecule has 3 rings (SSSR count). The van der Waals surface area contributed by atoms with Gasteiger partial charge in [0.1, 0.15) is 11.3 Å². The van der Waals surface area contributed by atoms with Crippen molar-refractivity contribution < 1.29 is 4.42 Å². The zero-order valence-corrected chi connectivity index (χ0v) is 13.9. The maximum Gasteiger partial charge on any atom is 0.135 e. The molecule has 0 fully saturated rings. The smallest absolute Gasteiger partial charge is 0.135 e. The highest BCUT2D eigenvalue weighted by molar-refractivity contribution is 7.99. The Hall–Kier alpha value is -1.38. The molecule has 0 unspecified atom stereocenters. The highest BCUT2D eigenvalue weighted by atomic mass is 35.5. The van der Waals surface area contributed by atoms with Gasteiger partial charge in [-0.3, -0.25) is 0 Å². The van der Waals surface area contributed by atoms with Crippen molar-refractivity contribution in [3.8, 4) is 0 Å². The Balaban J connectivity index is 2.06. The Kier molecular flexibility index (Phi) is 4.01. The lowest BCUT2D eigenvalue weighted by Crippen LogP contribution is -1.85. The summed E-state index contributed by atoms with van der Waals surface area (Å²) in [6, 6.07) is 14.4. The molecule has 0 spiro atoms. The van der Waals surface area contributed by atoms with E-state index in [1.54, 1.807) is 11.8 Å². The second-order valence-electron chi connectivity index (χ2n) is 5.45. The fraction of sp³-hybridized carbons (Fsp3) is 0.222. The molecule has 1 nitrogen and oxygen atoms in total. The number of benzene rings is 2. The summed E-state index contributed by atoms with van der Waals surface area (Å²) in [4.78, 5) is 2.36. The van der Waals surface area contributed by atoms with Crippen molar-refractivity contribution in [2.75, 3.05) is 0 Å². The van der Waals surface area contributed by atoms with Crippen molar-refractivity contribution in [3.05, 3.63) is 58.8 Å². The van der Waals surface area contributed by atoms with Gasteiger partial charge >= 0.3 is 0 Å². The molecule has 0 atom stereocenters. The van der Waals surface area contributed by atoms with Crippen LogP contribution in [0.2, 0.25) is 5.02 Å². The minimum atomic E-state index is 0.512. The fourth-order valence-corrected chi connectivity index (χ4v) is 3.41. The van der Waals surface area contributed by atoms with Gasteiger partial charge < -0.3 is 4.42 Å². The Morgan fingerprint density at radius 1 is 1.05 bits per heavy atom. The van der Waals surface area contributed by atoms with Crippen LogP contribution in [-0.2, 0) is 0 Å². The summed E-state index contributed by atoms with van der Waals surface area (Å²) in [7, 11) is 0. The van der Waals surface area contributed by atoms with Crippen LogP contribution >= 0.6 is 23.4 Å². The zero-order valence-electron chi connectivity index (χ0n) is 12.3. The van der Waals surface area contributed by atoms with E-state index in [1.807, 2.05) is 31.2 Å². The van der Waals surface area contributed by atoms with Crippen molar-refractivity contribution in [2.24, 2.45) is 0 Å². The first-order chi connectivity index (χ1) is 10.0. The SMILES string of the molecule is Cc1oc2ccc(C(C)C)cc2c1Sc1ccc(Cl)cc1. The van der Waals surface area contributed by atoms with E-state index in [0.717, 1.165) is 16.4 Å². The summed E-state index contributed by atoms with van der Waals surface area (Å²) >= 11 is 7.67. The Morgan fingerprint density at radius 3 is 2.43 bits per heavy atom. The average Bonchev–Trinajstić information content (AvgIpc) is 2.77. The normalized spacial score (nSPS) is 11.5. The van der Waals surface area contributed by atoms with E-state index in [-0.39, 0.29) is 0 Å². The molecule has 0 aliphatic rings. The van der Waals surface area contributed by atoms with Gasteiger partial charge in [-0.25, -0.2) is 0 Å². The molecule has 0 radical (unpaired) electrons. The van der Waals surface area contributed by atoms with Crippen LogP contribution in [0.1, 0.15) is 31.1 Å². The number of furan rings is 1. The van der Waals surface area contributed by atoms with Crippen LogP contribution in [0.4, 0.5) is 0 Å². The van der Waals surface area contributed by atoms with Crippen LogP contribution in [0, 0.1) is 6.92 Å². The van der Waals surface area contributed by atoms with Crippen molar-refractivity contribution in [3.63, 3.8) is 0 Å². The predicted molar refractivity (Wildman–Crippen MR) is 90.6 cm³/mol. The van der Waals surface area contributed by atoms with Gasteiger partial charge in [-0.15, -0.1) is 0 Å². The highest BCUT2D eigenvalue weighted by Gasteiger charge is 2.13. The van der Waals surface area contributed by atoms with Gasteiger partial charge in [-0.1, -0.05) is 43.3 Å². The van der Waals surface area contributed by atoms with Gasteiger partial charge in [0.2, 0.25) is 0 Å². The van der Waals surface area contributed by atoms with Crippen molar-refractivity contribution >= 4 is 34.3 Å². The first-order valence-electron chi connectivity index (χ1n) is 7.01. The summed E-state index contributed by atoms with van der Waals surface area (Å²) in [5.74, 6) is 1.48. The summed E-state index contributed by atoms with van der Waals surface area (Å²) < 4.78 is 5.88. The molecule has 3 aromatic rings. The monoisotopic (exact) mass is 316 g/mol. The molecule has 1 heterocycles. The van der Waals surface area contributed by atoms with E-state index in [2.05, 4.69) is 32.0 Å². The van der Waals surface area contributed by atoms with Crippen LogP contribution in [0.15, 0.2) is 56.7 Å². The van der Waals surface area contributed by atoms with Gasteiger partial charge in [-0.05, 0) is 54.8 Å². The second kappa shape index (κ2) is 5.78. The average molecular weight is 317 g/mol. The van der Waals surface area contributed by atoms with Crippen molar-refractivity contribution in [1.82, 2.24) is 0 Å². The molecule has 2 aromatic carbocycles. The van der Waals surface area contributed by atoms with Gasteiger partial charge in [-0.2, -0.15) is 0 Å². The molecule has 0 aliphatic carbocycles. The van der Waals surface area contributed by atoms with E-state index >= 15 is 0 Å². The Bertz CT molecular complexity index is 772. The number of halogens is 1. The molecule has 0 amide bonds. The fourth-order valence-electron chi connectivity index (χ4n) is 2.32. The molecule has 3 heteroatoms. The van der Waals surface area contributed by atoms with Gasteiger partial charge in [0.05, 0.1) is 4.90 Å². The van der Waals surface area contributed by atoms with E-state index in [9.17, 15) is 0 Å². The third-order valence-corrected chi connectivity index (χ3v) is 5.00. The van der Waals surface area contributed by atoms with Gasteiger partial charge in [0, 0.05) is 15.3 Å². The van der Waals surface area contributed by atoms with Crippen LogP contribution < -0.4 is 0 Å². The molecule has 108 valence electrons. The van der Waals surface area contributed by atoms with E-state index in [4.69, 9.17) is 16.0 Å². The lowest BCUT2D eigenvalue weighted by atomic mass is 10.0. The number of hydrogen-bond donors (Lipinski definition) is 0. The number of rotatable bonds is 3. The molecule has 21 heavy (non-hydrogen) atoms. The standard InChI is InChI=1S/C18H17ClOS/c1-11(2)13-4-9-17-16(10-13)18(12(3)20-17)21-15-7-5-14(19)6-8-15/h4-11H,1-3H3. The zero-order chi connectivity index (χ0) is 15.0. The topological polar surface area (TPSA) is 13.1 Å². The van der Waals surface area contributed by atoms with Crippen LogP contribution in [0.25, 0.3) is 11.0 Å². The van der Waals surface area contributed by atoms with Gasteiger partial charge in [0.15, 0.2) is 0 Å². The molecule has 0 N–H and O–H groups in total. The molecular formula is C18H17ClOS. The first kappa shape index (κ1) is 14.6. The summed E-state index contributed by atoms with van der Waals surface area (Å²) in [5, 5.41) is 1.95. The number of fused-ring (bicyclic) bond motifs is 1. The lowest BCUT2D eigenvalue weighted by Gasteiger charge is -2.05.